The Hall–Kier alpha value is -1.63. The van der Waals surface area contributed by atoms with Crippen LogP contribution < -0.4 is 10.6 Å². The van der Waals surface area contributed by atoms with Crippen LogP contribution in [0, 0.1) is 13.8 Å². The first-order valence-electron chi connectivity index (χ1n) is 8.65. The summed E-state index contributed by atoms with van der Waals surface area (Å²) in [6.07, 6.45) is 5.75. The first-order valence-corrected chi connectivity index (χ1v) is 9.47. The molecule has 0 spiro atoms. The van der Waals surface area contributed by atoms with E-state index in [-0.39, 0.29) is 12.1 Å². The van der Waals surface area contributed by atoms with E-state index in [1.54, 1.807) is 18.4 Å². The highest BCUT2D eigenvalue weighted by atomic mass is 32.1. The Bertz CT molecular complexity index is 545. The Kier molecular flexibility index (Phi) is 7.49. The van der Waals surface area contributed by atoms with Crippen molar-refractivity contribution in [3.05, 3.63) is 15.6 Å². The number of ether oxygens (including phenoxy) is 1. The number of aryl methyl sites for hydroxylation is 2. The molecule has 0 aliphatic heterocycles. The van der Waals surface area contributed by atoms with E-state index in [1.165, 1.54) is 17.7 Å². The van der Waals surface area contributed by atoms with Gasteiger partial charge in [0.05, 0.1) is 12.2 Å². The molecule has 1 aliphatic rings. The van der Waals surface area contributed by atoms with Crippen molar-refractivity contribution in [2.24, 2.45) is 4.99 Å². The van der Waals surface area contributed by atoms with Crippen LogP contribution in [0.5, 0.6) is 0 Å². The molecule has 1 fully saturated rings. The highest BCUT2D eigenvalue weighted by Crippen LogP contribution is 2.21. The van der Waals surface area contributed by atoms with Gasteiger partial charge in [-0.25, -0.2) is 4.98 Å². The van der Waals surface area contributed by atoms with Crippen molar-refractivity contribution in [2.75, 3.05) is 13.6 Å². The zero-order chi connectivity index (χ0) is 17.4. The third-order valence-electron chi connectivity index (χ3n) is 4.15. The number of carbonyl (C=O) groups is 1. The van der Waals surface area contributed by atoms with E-state index in [9.17, 15) is 4.79 Å². The normalized spacial score (nSPS) is 15.5. The maximum Gasteiger partial charge on any atom is 0.306 e. The predicted molar refractivity (Wildman–Crippen MR) is 97.4 cm³/mol. The average molecular weight is 353 g/mol. The van der Waals surface area contributed by atoms with Crippen molar-refractivity contribution < 1.29 is 9.53 Å². The van der Waals surface area contributed by atoms with E-state index in [4.69, 9.17) is 4.74 Å². The Morgan fingerprint density at radius 3 is 2.71 bits per heavy atom. The number of esters is 1. The van der Waals surface area contributed by atoms with E-state index < -0.39 is 0 Å². The molecular weight excluding hydrogens is 324 g/mol. The van der Waals surface area contributed by atoms with Crippen molar-refractivity contribution in [2.45, 2.75) is 65.0 Å². The minimum Gasteiger partial charge on any atom is -0.462 e. The molecule has 1 heterocycles. The van der Waals surface area contributed by atoms with Gasteiger partial charge in [-0.15, -0.1) is 11.3 Å². The summed E-state index contributed by atoms with van der Waals surface area (Å²) in [6.45, 7) is 5.44. The standard InChI is InChI=1S/C17H28N4O2S/c1-12-13(2)24-15(21-12)11-20-17(18-3)19-10-6-9-16(22)23-14-7-4-5-8-14/h14H,4-11H2,1-3H3,(H2,18,19,20). The number of thiazole rings is 1. The molecule has 0 atom stereocenters. The fourth-order valence-electron chi connectivity index (χ4n) is 2.69. The lowest BCUT2D eigenvalue weighted by atomic mass is 10.3. The summed E-state index contributed by atoms with van der Waals surface area (Å²) in [6, 6.07) is 0. The molecule has 134 valence electrons. The minimum atomic E-state index is -0.0830. The lowest BCUT2D eigenvalue weighted by molar-refractivity contribution is -0.148. The van der Waals surface area contributed by atoms with Gasteiger partial charge in [-0.1, -0.05) is 0 Å². The summed E-state index contributed by atoms with van der Waals surface area (Å²) >= 11 is 1.70. The van der Waals surface area contributed by atoms with Crippen molar-refractivity contribution >= 4 is 23.3 Å². The molecular formula is C17H28N4O2S. The second-order valence-corrected chi connectivity index (χ2v) is 7.39. The predicted octanol–water partition coefficient (Wildman–Crippen LogP) is 2.69. The molecule has 1 saturated carbocycles. The Balaban J connectivity index is 1.60. The molecule has 1 aromatic heterocycles. The molecule has 0 bridgehead atoms. The number of aromatic nitrogens is 1. The fraction of sp³-hybridized carbons (Fsp3) is 0.706. The van der Waals surface area contributed by atoms with Crippen LogP contribution in [0.15, 0.2) is 4.99 Å². The fourth-order valence-corrected chi connectivity index (χ4v) is 3.56. The van der Waals surface area contributed by atoms with Crippen LogP contribution in [0.25, 0.3) is 0 Å². The molecule has 24 heavy (non-hydrogen) atoms. The zero-order valence-electron chi connectivity index (χ0n) is 14.9. The number of carbonyl (C=O) groups excluding carboxylic acids is 1. The van der Waals surface area contributed by atoms with Crippen molar-refractivity contribution in [1.29, 1.82) is 0 Å². The molecule has 1 aromatic rings. The lowest BCUT2D eigenvalue weighted by Gasteiger charge is -2.12. The van der Waals surface area contributed by atoms with Gasteiger partial charge in [0.2, 0.25) is 0 Å². The summed E-state index contributed by atoms with van der Waals surface area (Å²) in [7, 11) is 1.74. The first-order chi connectivity index (χ1) is 11.6. The second-order valence-electron chi connectivity index (χ2n) is 6.10. The molecule has 0 aromatic carbocycles. The summed E-state index contributed by atoms with van der Waals surface area (Å²) in [5.41, 5.74) is 1.08. The number of hydrogen-bond donors (Lipinski definition) is 2. The van der Waals surface area contributed by atoms with Crippen molar-refractivity contribution in [3.8, 4) is 0 Å². The quantitative estimate of drug-likeness (QED) is 0.341. The van der Waals surface area contributed by atoms with Gasteiger partial charge >= 0.3 is 5.97 Å². The molecule has 7 heteroatoms. The minimum absolute atomic E-state index is 0.0830. The van der Waals surface area contributed by atoms with E-state index in [1.807, 2.05) is 6.92 Å². The van der Waals surface area contributed by atoms with Gasteiger partial charge in [0.15, 0.2) is 5.96 Å². The second kappa shape index (κ2) is 9.61. The number of aliphatic imine (C=N–C) groups is 1. The maximum atomic E-state index is 11.8. The Labute approximate surface area is 148 Å². The molecule has 6 nitrogen and oxygen atoms in total. The monoisotopic (exact) mass is 352 g/mol. The van der Waals surface area contributed by atoms with Crippen LogP contribution in [-0.2, 0) is 16.1 Å². The van der Waals surface area contributed by atoms with Crippen LogP contribution in [0.3, 0.4) is 0 Å². The molecule has 0 radical (unpaired) electrons. The number of rotatable bonds is 7. The zero-order valence-corrected chi connectivity index (χ0v) is 15.7. The van der Waals surface area contributed by atoms with E-state index in [0.717, 1.165) is 35.9 Å². The molecule has 1 aliphatic carbocycles. The summed E-state index contributed by atoms with van der Waals surface area (Å²) < 4.78 is 5.44. The van der Waals surface area contributed by atoms with Gasteiger partial charge in [-0.2, -0.15) is 0 Å². The summed E-state index contributed by atoms with van der Waals surface area (Å²) in [4.78, 5) is 21.7. The van der Waals surface area contributed by atoms with Gasteiger partial charge in [0.1, 0.15) is 11.1 Å². The molecule has 0 amide bonds. The van der Waals surface area contributed by atoms with Gasteiger partial charge in [0.25, 0.3) is 0 Å². The SMILES string of the molecule is CN=C(NCCCC(=O)OC1CCCC1)NCc1nc(C)c(C)s1. The van der Waals surface area contributed by atoms with E-state index >= 15 is 0 Å². The number of hydrogen-bond acceptors (Lipinski definition) is 5. The third-order valence-corrected chi connectivity index (χ3v) is 5.23. The van der Waals surface area contributed by atoms with Crippen molar-refractivity contribution in [3.63, 3.8) is 0 Å². The molecule has 2 N–H and O–H groups in total. The first kappa shape index (κ1) is 18.7. The lowest BCUT2D eigenvalue weighted by Crippen LogP contribution is -2.37. The maximum absolute atomic E-state index is 11.8. The smallest absolute Gasteiger partial charge is 0.306 e. The van der Waals surface area contributed by atoms with Crippen molar-refractivity contribution in [1.82, 2.24) is 15.6 Å². The van der Waals surface area contributed by atoms with Crippen LogP contribution in [0.2, 0.25) is 0 Å². The van der Waals surface area contributed by atoms with Gasteiger partial charge in [-0.3, -0.25) is 9.79 Å². The molecule has 0 unspecified atom stereocenters. The van der Waals surface area contributed by atoms with E-state index in [0.29, 0.717) is 19.5 Å². The topological polar surface area (TPSA) is 75.6 Å². The van der Waals surface area contributed by atoms with Gasteiger partial charge in [-0.05, 0) is 46.0 Å². The van der Waals surface area contributed by atoms with Crippen LogP contribution in [-0.4, -0.2) is 36.6 Å². The number of nitrogens with zero attached hydrogens (tertiary/aromatic N) is 2. The Morgan fingerprint density at radius 2 is 2.08 bits per heavy atom. The Morgan fingerprint density at radius 1 is 1.33 bits per heavy atom. The number of guanidine groups is 1. The largest absolute Gasteiger partial charge is 0.462 e. The molecule has 2 rings (SSSR count). The molecule has 0 saturated heterocycles. The van der Waals surface area contributed by atoms with Crippen LogP contribution >= 0.6 is 11.3 Å². The van der Waals surface area contributed by atoms with Crippen LogP contribution in [0.4, 0.5) is 0 Å². The van der Waals surface area contributed by atoms with E-state index in [2.05, 4.69) is 27.5 Å². The van der Waals surface area contributed by atoms with Gasteiger partial charge in [0, 0.05) is 24.9 Å². The number of nitrogens with one attached hydrogen (secondary N) is 2. The average Bonchev–Trinajstić information content (AvgIpc) is 3.17. The highest BCUT2D eigenvalue weighted by molar-refractivity contribution is 7.11. The summed E-state index contributed by atoms with van der Waals surface area (Å²) in [5.74, 6) is 0.644. The third kappa shape index (κ3) is 6.11. The van der Waals surface area contributed by atoms with Gasteiger partial charge < -0.3 is 15.4 Å². The summed E-state index contributed by atoms with van der Waals surface area (Å²) in [5, 5.41) is 7.51. The van der Waals surface area contributed by atoms with Crippen LogP contribution in [0.1, 0.15) is 54.1 Å². The highest BCUT2D eigenvalue weighted by Gasteiger charge is 2.18.